The van der Waals surface area contributed by atoms with Gasteiger partial charge in [0.1, 0.15) is 5.76 Å². The normalized spacial score (nSPS) is 15.0. The van der Waals surface area contributed by atoms with E-state index in [9.17, 15) is 9.59 Å². The summed E-state index contributed by atoms with van der Waals surface area (Å²) in [5, 5.41) is 6.80. The molecule has 2 amide bonds. The van der Waals surface area contributed by atoms with E-state index in [0.29, 0.717) is 24.1 Å². The van der Waals surface area contributed by atoms with Crippen molar-refractivity contribution < 1.29 is 14.1 Å². The van der Waals surface area contributed by atoms with E-state index in [1.807, 2.05) is 36.1 Å². The summed E-state index contributed by atoms with van der Waals surface area (Å²) in [5.74, 6) is 1.65. The molecule has 1 fully saturated rings. The highest BCUT2D eigenvalue weighted by molar-refractivity contribution is 5.94. The number of benzene rings is 1. The van der Waals surface area contributed by atoms with Gasteiger partial charge in [-0.25, -0.2) is 0 Å². The zero-order valence-corrected chi connectivity index (χ0v) is 17.6. The summed E-state index contributed by atoms with van der Waals surface area (Å²) in [6.45, 7) is 8.37. The van der Waals surface area contributed by atoms with Gasteiger partial charge in [-0.1, -0.05) is 36.7 Å². The number of carbonyl (C=O) groups excluding carboxylic acids is 2. The highest BCUT2D eigenvalue weighted by Gasteiger charge is 2.23. The van der Waals surface area contributed by atoms with E-state index in [-0.39, 0.29) is 11.8 Å². The zero-order chi connectivity index (χ0) is 20.8. The van der Waals surface area contributed by atoms with Crippen molar-refractivity contribution in [3.05, 3.63) is 52.9 Å². The average molecular weight is 398 g/mol. The monoisotopic (exact) mass is 397 g/mol. The van der Waals surface area contributed by atoms with Crippen LogP contribution in [0, 0.1) is 18.8 Å². The lowest BCUT2D eigenvalue weighted by molar-refractivity contribution is 0.0687. The van der Waals surface area contributed by atoms with Crippen molar-refractivity contribution in [1.29, 1.82) is 0 Å². The van der Waals surface area contributed by atoms with E-state index in [1.54, 1.807) is 6.07 Å². The van der Waals surface area contributed by atoms with Crippen LogP contribution in [0.4, 0.5) is 0 Å². The molecule has 29 heavy (non-hydrogen) atoms. The van der Waals surface area contributed by atoms with Crippen LogP contribution in [-0.2, 0) is 6.42 Å². The number of amides is 2. The Bertz CT molecular complexity index is 818. The SMILES string of the molecule is Cc1ccc(C(=O)N2CCC(CCNC(=O)c3cc(CC(C)C)on3)CC2)cc1. The van der Waals surface area contributed by atoms with Gasteiger partial charge in [0.15, 0.2) is 5.69 Å². The Labute approximate surface area is 172 Å². The molecule has 0 radical (unpaired) electrons. The van der Waals surface area contributed by atoms with Gasteiger partial charge in [-0.3, -0.25) is 9.59 Å². The van der Waals surface area contributed by atoms with E-state index in [1.165, 1.54) is 0 Å². The number of aromatic nitrogens is 1. The first-order chi connectivity index (χ1) is 13.9. The summed E-state index contributed by atoms with van der Waals surface area (Å²) < 4.78 is 5.22. The molecule has 1 aliphatic rings. The van der Waals surface area contributed by atoms with Crippen LogP contribution in [0.25, 0.3) is 0 Å². The molecule has 1 N–H and O–H groups in total. The number of piperidine rings is 1. The molecule has 6 nitrogen and oxygen atoms in total. The fourth-order valence-corrected chi connectivity index (χ4v) is 3.70. The van der Waals surface area contributed by atoms with Crippen LogP contribution in [0.3, 0.4) is 0 Å². The third-order valence-corrected chi connectivity index (χ3v) is 5.44. The summed E-state index contributed by atoms with van der Waals surface area (Å²) in [4.78, 5) is 26.8. The van der Waals surface area contributed by atoms with Crippen molar-refractivity contribution in [2.75, 3.05) is 19.6 Å². The number of nitrogens with zero attached hydrogens (tertiary/aromatic N) is 2. The Morgan fingerprint density at radius 3 is 2.55 bits per heavy atom. The van der Waals surface area contributed by atoms with Crippen LogP contribution in [0.2, 0.25) is 0 Å². The minimum atomic E-state index is -0.184. The molecular formula is C23H31N3O3. The van der Waals surface area contributed by atoms with Gasteiger partial charge in [0.25, 0.3) is 11.8 Å². The minimum Gasteiger partial charge on any atom is -0.361 e. The second-order valence-electron chi connectivity index (χ2n) is 8.42. The molecule has 0 aliphatic carbocycles. The molecule has 6 heteroatoms. The van der Waals surface area contributed by atoms with Crippen LogP contribution in [0.5, 0.6) is 0 Å². The van der Waals surface area contributed by atoms with Crippen LogP contribution < -0.4 is 5.32 Å². The number of hydrogen-bond acceptors (Lipinski definition) is 4. The molecule has 1 aromatic carbocycles. The van der Waals surface area contributed by atoms with Crippen LogP contribution in [0.15, 0.2) is 34.9 Å². The topological polar surface area (TPSA) is 75.4 Å². The number of nitrogens with one attached hydrogen (secondary N) is 1. The molecule has 156 valence electrons. The lowest BCUT2D eigenvalue weighted by atomic mass is 9.93. The van der Waals surface area contributed by atoms with Gasteiger partial charge >= 0.3 is 0 Å². The zero-order valence-electron chi connectivity index (χ0n) is 17.6. The maximum absolute atomic E-state index is 12.6. The molecule has 1 aliphatic heterocycles. The third-order valence-electron chi connectivity index (χ3n) is 5.44. The quantitative estimate of drug-likeness (QED) is 0.770. The Kier molecular flexibility index (Phi) is 7.07. The summed E-state index contributed by atoms with van der Waals surface area (Å²) >= 11 is 0. The lowest BCUT2D eigenvalue weighted by Crippen LogP contribution is -2.39. The molecule has 3 rings (SSSR count). The number of likely N-dealkylation sites (tertiary alicyclic amines) is 1. The van der Waals surface area contributed by atoms with Gasteiger partial charge in [0.2, 0.25) is 0 Å². The Morgan fingerprint density at radius 1 is 1.21 bits per heavy atom. The largest absolute Gasteiger partial charge is 0.361 e. The first-order valence-electron chi connectivity index (χ1n) is 10.5. The van der Waals surface area contributed by atoms with E-state index >= 15 is 0 Å². The van der Waals surface area contributed by atoms with Crippen LogP contribution in [-0.4, -0.2) is 41.5 Å². The predicted molar refractivity (Wildman–Crippen MR) is 112 cm³/mol. The molecular weight excluding hydrogens is 366 g/mol. The predicted octanol–water partition coefficient (Wildman–Crippen LogP) is 3.85. The van der Waals surface area contributed by atoms with Gasteiger partial charge in [-0.15, -0.1) is 0 Å². The van der Waals surface area contributed by atoms with Crippen LogP contribution in [0.1, 0.15) is 65.3 Å². The third kappa shape index (κ3) is 5.92. The summed E-state index contributed by atoms with van der Waals surface area (Å²) in [5.41, 5.74) is 2.26. The summed E-state index contributed by atoms with van der Waals surface area (Å²) in [7, 11) is 0. The molecule has 0 bridgehead atoms. The molecule has 2 heterocycles. The van der Waals surface area contributed by atoms with E-state index in [0.717, 1.165) is 55.7 Å². The van der Waals surface area contributed by atoms with Crippen molar-refractivity contribution in [2.45, 2.75) is 46.5 Å². The highest BCUT2D eigenvalue weighted by atomic mass is 16.5. The van der Waals surface area contributed by atoms with Crippen molar-refractivity contribution in [1.82, 2.24) is 15.4 Å². The standard InChI is InChI=1S/C23H31N3O3/c1-16(2)14-20-15-21(25-29-20)22(27)24-11-8-18-9-12-26(13-10-18)23(28)19-6-4-17(3)5-7-19/h4-7,15-16,18H,8-14H2,1-3H3,(H,24,27). The number of aryl methyl sites for hydroxylation is 1. The molecule has 0 unspecified atom stereocenters. The van der Waals surface area contributed by atoms with E-state index in [2.05, 4.69) is 24.3 Å². The Balaban J connectivity index is 1.38. The second-order valence-corrected chi connectivity index (χ2v) is 8.42. The smallest absolute Gasteiger partial charge is 0.273 e. The minimum absolute atomic E-state index is 0.111. The van der Waals surface area contributed by atoms with Crippen molar-refractivity contribution in [2.24, 2.45) is 11.8 Å². The molecule has 0 saturated carbocycles. The highest BCUT2D eigenvalue weighted by Crippen LogP contribution is 2.21. The van der Waals surface area contributed by atoms with E-state index < -0.39 is 0 Å². The molecule has 0 spiro atoms. The molecule has 1 saturated heterocycles. The second kappa shape index (κ2) is 9.72. The lowest BCUT2D eigenvalue weighted by Gasteiger charge is -2.32. The molecule has 2 aromatic rings. The summed E-state index contributed by atoms with van der Waals surface area (Å²) in [6, 6.07) is 9.47. The maximum Gasteiger partial charge on any atom is 0.273 e. The fourth-order valence-electron chi connectivity index (χ4n) is 3.70. The van der Waals surface area contributed by atoms with Crippen molar-refractivity contribution >= 4 is 11.8 Å². The van der Waals surface area contributed by atoms with Gasteiger partial charge in [0, 0.05) is 37.7 Å². The van der Waals surface area contributed by atoms with Crippen molar-refractivity contribution in [3.63, 3.8) is 0 Å². The van der Waals surface area contributed by atoms with Crippen LogP contribution >= 0.6 is 0 Å². The maximum atomic E-state index is 12.6. The van der Waals surface area contributed by atoms with Gasteiger partial charge in [0.05, 0.1) is 0 Å². The number of carbonyl (C=O) groups is 2. The number of rotatable bonds is 7. The van der Waals surface area contributed by atoms with Crippen molar-refractivity contribution in [3.8, 4) is 0 Å². The Morgan fingerprint density at radius 2 is 1.90 bits per heavy atom. The average Bonchev–Trinajstić information content (AvgIpc) is 3.16. The Hall–Kier alpha value is -2.63. The first-order valence-corrected chi connectivity index (χ1v) is 10.5. The van der Waals surface area contributed by atoms with Gasteiger partial charge in [-0.05, 0) is 50.2 Å². The van der Waals surface area contributed by atoms with Gasteiger partial charge in [-0.2, -0.15) is 0 Å². The molecule has 1 aromatic heterocycles. The first kappa shape index (κ1) is 21.1. The summed E-state index contributed by atoms with van der Waals surface area (Å²) in [6.07, 6.45) is 3.63. The van der Waals surface area contributed by atoms with Gasteiger partial charge < -0.3 is 14.7 Å². The van der Waals surface area contributed by atoms with E-state index in [4.69, 9.17) is 4.52 Å². The number of hydrogen-bond donors (Lipinski definition) is 1. The molecule has 0 atom stereocenters. The fraction of sp³-hybridized carbons (Fsp3) is 0.522.